The van der Waals surface area contributed by atoms with E-state index in [2.05, 4.69) is 119 Å². The second kappa shape index (κ2) is 16.4. The van der Waals surface area contributed by atoms with Gasteiger partial charge < -0.3 is 10.2 Å². The van der Waals surface area contributed by atoms with E-state index in [4.69, 9.17) is 5.11 Å². The van der Waals surface area contributed by atoms with Gasteiger partial charge in [0.2, 0.25) is 0 Å². The lowest BCUT2D eigenvalue weighted by molar-refractivity contribution is -0.105. The molecule has 0 radical (unpaired) electrons. The standard InChI is InChI=1S/C13H22O.C13H20O.C13H18O/c3*1-5-11(9-14)8-12-7-6-10(2)13(12,3)4/h6-7,11,14H,5,8-9H2,1-4H3;6-8,14H,5,9H2,1-4H3;6-9H,5H2,1-4H3/b;2*11-8+. The van der Waals surface area contributed by atoms with Crippen molar-refractivity contribution in [3.8, 4) is 0 Å². The quantitative estimate of drug-likeness (QED) is 0.201. The average molecular weight is 577 g/mol. The zero-order valence-electron chi connectivity index (χ0n) is 28.8. The Bertz CT molecular complexity index is 1180. The smallest absolute Gasteiger partial charge is 0.146 e. The molecule has 0 amide bonds. The van der Waals surface area contributed by atoms with Gasteiger partial charge >= 0.3 is 0 Å². The summed E-state index contributed by atoms with van der Waals surface area (Å²) in [5.41, 5.74) is 10.6. The molecule has 42 heavy (non-hydrogen) atoms. The highest BCUT2D eigenvalue weighted by Gasteiger charge is 2.30. The minimum Gasteiger partial charge on any atom is -0.396 e. The van der Waals surface area contributed by atoms with Crippen LogP contribution in [0.15, 0.2) is 93.2 Å². The van der Waals surface area contributed by atoms with Crippen molar-refractivity contribution in [3.05, 3.63) is 93.2 Å². The van der Waals surface area contributed by atoms with E-state index in [1.54, 1.807) is 0 Å². The predicted octanol–water partition coefficient (Wildman–Crippen LogP) is 9.97. The Kier molecular flexibility index (Phi) is 14.6. The van der Waals surface area contributed by atoms with Crippen LogP contribution in [0.4, 0.5) is 0 Å². The Morgan fingerprint density at radius 3 is 1.50 bits per heavy atom. The maximum absolute atomic E-state index is 10.7. The number of aliphatic hydroxyl groups excluding tert-OH is 2. The van der Waals surface area contributed by atoms with Gasteiger partial charge in [0.15, 0.2) is 0 Å². The summed E-state index contributed by atoms with van der Waals surface area (Å²) in [5, 5.41) is 18.3. The Labute approximate surface area is 258 Å². The van der Waals surface area contributed by atoms with Crippen LogP contribution in [0.2, 0.25) is 0 Å². The fourth-order valence-electron chi connectivity index (χ4n) is 4.94. The summed E-state index contributed by atoms with van der Waals surface area (Å²) < 4.78 is 0. The molecule has 234 valence electrons. The Hall–Kier alpha value is -2.49. The summed E-state index contributed by atoms with van der Waals surface area (Å²) >= 11 is 0. The van der Waals surface area contributed by atoms with Crippen LogP contribution in [0.5, 0.6) is 0 Å². The van der Waals surface area contributed by atoms with Gasteiger partial charge in [-0.3, -0.25) is 4.79 Å². The third kappa shape index (κ3) is 9.51. The molecule has 3 nitrogen and oxygen atoms in total. The van der Waals surface area contributed by atoms with Gasteiger partial charge in [-0.1, -0.05) is 140 Å². The molecule has 0 aliphatic heterocycles. The van der Waals surface area contributed by atoms with Gasteiger partial charge in [-0.05, 0) is 68.2 Å². The van der Waals surface area contributed by atoms with E-state index < -0.39 is 0 Å². The second-order valence-corrected chi connectivity index (χ2v) is 13.5. The number of carbonyl (C=O) groups is 1. The van der Waals surface area contributed by atoms with Crippen LogP contribution in [-0.2, 0) is 4.79 Å². The van der Waals surface area contributed by atoms with Crippen molar-refractivity contribution >= 4 is 6.29 Å². The van der Waals surface area contributed by atoms with Crippen LogP contribution in [0.3, 0.4) is 0 Å². The Morgan fingerprint density at radius 2 is 1.19 bits per heavy atom. The highest BCUT2D eigenvalue weighted by atomic mass is 16.3. The molecule has 0 fully saturated rings. The summed E-state index contributed by atoms with van der Waals surface area (Å²) in [5.74, 6) is 0.430. The van der Waals surface area contributed by atoms with Gasteiger partial charge in [-0.2, -0.15) is 0 Å². The topological polar surface area (TPSA) is 57.5 Å². The van der Waals surface area contributed by atoms with Gasteiger partial charge in [0.25, 0.3) is 0 Å². The molecule has 3 aliphatic carbocycles. The van der Waals surface area contributed by atoms with E-state index in [1.165, 1.54) is 33.4 Å². The first-order valence-electron chi connectivity index (χ1n) is 15.8. The molecule has 0 heterocycles. The number of aldehydes is 1. The van der Waals surface area contributed by atoms with Crippen molar-refractivity contribution in [2.24, 2.45) is 22.2 Å². The number of hydrogen-bond acceptors (Lipinski definition) is 3. The normalized spacial score (nSPS) is 21.0. The molecule has 3 aliphatic rings. The highest BCUT2D eigenvalue weighted by Crippen LogP contribution is 2.43. The fourth-order valence-corrected chi connectivity index (χ4v) is 4.94. The predicted molar refractivity (Wildman–Crippen MR) is 182 cm³/mol. The number of carbonyl (C=O) groups excluding carboxylic acids is 1. The van der Waals surface area contributed by atoms with Crippen LogP contribution in [-0.4, -0.2) is 29.7 Å². The monoisotopic (exact) mass is 576 g/mol. The molecule has 0 spiro atoms. The van der Waals surface area contributed by atoms with Gasteiger partial charge in [-0.15, -0.1) is 0 Å². The molecule has 2 N–H and O–H groups in total. The molecule has 3 rings (SSSR count). The maximum Gasteiger partial charge on any atom is 0.146 e. The summed E-state index contributed by atoms with van der Waals surface area (Å²) in [4.78, 5) is 10.7. The average Bonchev–Trinajstić information content (AvgIpc) is 3.48. The summed E-state index contributed by atoms with van der Waals surface area (Å²) in [6.45, 7) is 26.5. The van der Waals surface area contributed by atoms with Crippen molar-refractivity contribution in [2.45, 2.75) is 109 Å². The lowest BCUT2D eigenvalue weighted by atomic mass is 9.77. The molecular weight excluding hydrogens is 516 g/mol. The van der Waals surface area contributed by atoms with E-state index in [9.17, 15) is 9.90 Å². The van der Waals surface area contributed by atoms with Gasteiger partial charge in [-0.25, -0.2) is 0 Å². The van der Waals surface area contributed by atoms with E-state index in [-0.39, 0.29) is 22.9 Å². The fraction of sp³-hybridized carbons (Fsp3) is 0.564. The van der Waals surface area contributed by atoms with Crippen molar-refractivity contribution < 1.29 is 15.0 Å². The Balaban J connectivity index is 0.000000315. The molecule has 1 atom stereocenters. The van der Waals surface area contributed by atoms with Gasteiger partial charge in [0.05, 0.1) is 6.61 Å². The number of rotatable bonds is 10. The third-order valence-corrected chi connectivity index (χ3v) is 10.0. The van der Waals surface area contributed by atoms with Gasteiger partial charge in [0.1, 0.15) is 6.29 Å². The molecule has 3 heteroatoms. The number of allylic oxidation sites excluding steroid dienone is 15. The van der Waals surface area contributed by atoms with Crippen molar-refractivity contribution in [2.75, 3.05) is 13.2 Å². The van der Waals surface area contributed by atoms with Crippen LogP contribution < -0.4 is 0 Å². The number of hydrogen-bond donors (Lipinski definition) is 2. The van der Waals surface area contributed by atoms with Crippen LogP contribution in [0.1, 0.15) is 109 Å². The summed E-state index contributed by atoms with van der Waals surface area (Å²) in [6, 6.07) is 0. The molecule has 0 saturated heterocycles. The maximum atomic E-state index is 10.7. The molecule has 0 bridgehead atoms. The first-order valence-corrected chi connectivity index (χ1v) is 15.8. The third-order valence-electron chi connectivity index (χ3n) is 10.0. The minimum absolute atomic E-state index is 0.0867. The van der Waals surface area contributed by atoms with Crippen LogP contribution >= 0.6 is 0 Å². The van der Waals surface area contributed by atoms with Gasteiger partial charge in [0, 0.05) is 22.9 Å². The number of aliphatic hydroxyl groups is 2. The lowest BCUT2D eigenvalue weighted by Gasteiger charge is -2.27. The second-order valence-electron chi connectivity index (χ2n) is 13.5. The molecule has 0 saturated carbocycles. The van der Waals surface area contributed by atoms with Crippen molar-refractivity contribution in [3.63, 3.8) is 0 Å². The largest absolute Gasteiger partial charge is 0.396 e. The molecule has 0 aromatic rings. The van der Waals surface area contributed by atoms with Crippen LogP contribution in [0.25, 0.3) is 0 Å². The molecule has 1 unspecified atom stereocenters. The highest BCUT2D eigenvalue weighted by molar-refractivity contribution is 5.74. The van der Waals surface area contributed by atoms with E-state index in [0.717, 1.165) is 43.1 Å². The Morgan fingerprint density at radius 1 is 0.714 bits per heavy atom. The molecular formula is C39H60O3. The SMILES string of the molecule is CC/C(=C\C1=CC=C(C)C1(C)C)CO.CC/C(C=O)=C\C1=CC=C(C)C1(C)C.CCC(CO)CC1=CC=C(C)C1(C)C. The minimum atomic E-state index is 0.0867. The first-order chi connectivity index (χ1) is 19.6. The molecule has 0 aromatic carbocycles. The van der Waals surface area contributed by atoms with E-state index in [0.29, 0.717) is 12.5 Å². The lowest BCUT2D eigenvalue weighted by Crippen LogP contribution is -2.17. The first kappa shape index (κ1) is 37.5. The summed E-state index contributed by atoms with van der Waals surface area (Å²) in [6.07, 6.45) is 21.9. The van der Waals surface area contributed by atoms with E-state index in [1.807, 2.05) is 13.0 Å². The summed E-state index contributed by atoms with van der Waals surface area (Å²) in [7, 11) is 0. The van der Waals surface area contributed by atoms with E-state index >= 15 is 0 Å². The molecule has 0 aromatic heterocycles. The zero-order chi connectivity index (χ0) is 32.3. The van der Waals surface area contributed by atoms with Crippen LogP contribution in [0, 0.1) is 22.2 Å². The zero-order valence-corrected chi connectivity index (χ0v) is 28.8. The van der Waals surface area contributed by atoms with Crippen molar-refractivity contribution in [1.29, 1.82) is 0 Å². The van der Waals surface area contributed by atoms with Crippen molar-refractivity contribution in [1.82, 2.24) is 0 Å².